The van der Waals surface area contributed by atoms with Gasteiger partial charge in [0.1, 0.15) is 0 Å². The van der Waals surface area contributed by atoms with Crippen LogP contribution in [0, 0.1) is 3.57 Å². The van der Waals surface area contributed by atoms with E-state index in [2.05, 4.69) is 87.4 Å². The van der Waals surface area contributed by atoms with E-state index >= 15 is 0 Å². The van der Waals surface area contributed by atoms with Gasteiger partial charge in [-0.15, -0.1) is 0 Å². The van der Waals surface area contributed by atoms with E-state index < -0.39 is 0 Å². The first-order valence-electron chi connectivity index (χ1n) is 7.58. The van der Waals surface area contributed by atoms with Crippen molar-refractivity contribution in [2.45, 2.75) is 18.9 Å². The molecule has 2 aromatic carbocycles. The minimum absolute atomic E-state index is 0.580. The van der Waals surface area contributed by atoms with Crippen molar-refractivity contribution in [3.8, 4) is 0 Å². The summed E-state index contributed by atoms with van der Waals surface area (Å²) in [4.78, 5) is 2.57. The van der Waals surface area contributed by atoms with Gasteiger partial charge in [-0.1, -0.05) is 42.5 Å². The van der Waals surface area contributed by atoms with Gasteiger partial charge in [-0.25, -0.2) is 0 Å². The molecule has 0 saturated carbocycles. The summed E-state index contributed by atoms with van der Waals surface area (Å²) in [6.45, 7) is 3.51. The lowest BCUT2D eigenvalue weighted by Gasteiger charge is -2.18. The van der Waals surface area contributed by atoms with Gasteiger partial charge in [-0.3, -0.25) is 0 Å². The van der Waals surface area contributed by atoms with E-state index in [9.17, 15) is 0 Å². The van der Waals surface area contributed by atoms with Gasteiger partial charge in [-0.2, -0.15) is 0 Å². The second kappa shape index (κ2) is 7.27. The topological polar surface area (TPSA) is 15.3 Å². The van der Waals surface area contributed by atoms with Crippen molar-refractivity contribution in [3.05, 3.63) is 63.7 Å². The Morgan fingerprint density at radius 1 is 1.05 bits per heavy atom. The van der Waals surface area contributed by atoms with Crippen LogP contribution in [0.2, 0.25) is 0 Å². The fourth-order valence-corrected chi connectivity index (χ4v) is 3.43. The van der Waals surface area contributed by atoms with Crippen LogP contribution in [0.5, 0.6) is 0 Å². The second-order valence-electron chi connectivity index (χ2n) is 5.65. The molecule has 2 nitrogen and oxygen atoms in total. The Labute approximate surface area is 140 Å². The summed E-state index contributed by atoms with van der Waals surface area (Å²) >= 11 is 2.40. The number of rotatable bonds is 5. The highest BCUT2D eigenvalue weighted by Gasteiger charge is 2.22. The molecule has 1 N–H and O–H groups in total. The third-order valence-corrected chi connectivity index (χ3v) is 5.01. The van der Waals surface area contributed by atoms with Crippen molar-refractivity contribution in [1.29, 1.82) is 0 Å². The van der Waals surface area contributed by atoms with Gasteiger partial charge in [0.2, 0.25) is 0 Å². The van der Waals surface area contributed by atoms with Crippen LogP contribution in [0.4, 0.5) is 5.69 Å². The molecule has 1 atom stereocenters. The lowest BCUT2D eigenvalue weighted by Crippen LogP contribution is -2.28. The largest absolute Gasteiger partial charge is 0.380 e. The summed E-state index contributed by atoms with van der Waals surface area (Å²) in [5, 5.41) is 3.69. The highest BCUT2D eigenvalue weighted by atomic mass is 127. The molecule has 0 aliphatic carbocycles. The first-order valence-corrected chi connectivity index (χ1v) is 8.66. The van der Waals surface area contributed by atoms with E-state index in [1.807, 2.05) is 0 Å². The highest BCUT2D eigenvalue weighted by molar-refractivity contribution is 14.1. The molecule has 3 heteroatoms. The van der Waals surface area contributed by atoms with E-state index in [-0.39, 0.29) is 0 Å². The van der Waals surface area contributed by atoms with E-state index in [1.54, 1.807) is 0 Å². The molecule has 0 spiro atoms. The number of hydrogen-bond donors (Lipinski definition) is 1. The summed E-state index contributed by atoms with van der Waals surface area (Å²) in [6, 6.07) is 19.9. The fourth-order valence-electron chi connectivity index (χ4n) is 2.88. The molecule has 1 fully saturated rings. The Balaban J connectivity index is 1.48. The molecule has 1 heterocycles. The molecule has 1 saturated heterocycles. The quantitative estimate of drug-likeness (QED) is 0.774. The lowest BCUT2D eigenvalue weighted by atomic mass is 10.1. The van der Waals surface area contributed by atoms with Gasteiger partial charge in [0.05, 0.1) is 0 Å². The van der Waals surface area contributed by atoms with Crippen LogP contribution in [-0.2, 0) is 6.42 Å². The fraction of sp³-hybridized carbons (Fsp3) is 0.333. The predicted octanol–water partition coefficient (Wildman–Crippen LogP) is 4.02. The van der Waals surface area contributed by atoms with E-state index in [0.29, 0.717) is 6.04 Å². The zero-order chi connectivity index (χ0) is 14.5. The minimum atomic E-state index is 0.580. The standard InChI is InChI=1S/C18H21IN2/c19-17-8-4-5-9-18(17)20-16-11-13-21(14-16)12-10-15-6-2-1-3-7-15/h1-9,16,20H,10-14H2. The van der Waals surface area contributed by atoms with Crippen LogP contribution in [-0.4, -0.2) is 30.6 Å². The number of halogens is 1. The Hall–Kier alpha value is -1.07. The average Bonchev–Trinajstić information content (AvgIpc) is 2.96. The maximum atomic E-state index is 3.69. The van der Waals surface area contributed by atoms with Gasteiger partial charge in [-0.05, 0) is 53.1 Å². The number of nitrogens with zero attached hydrogens (tertiary/aromatic N) is 1. The van der Waals surface area contributed by atoms with Crippen molar-refractivity contribution in [3.63, 3.8) is 0 Å². The van der Waals surface area contributed by atoms with E-state index in [1.165, 1.54) is 27.8 Å². The molecule has 110 valence electrons. The number of benzene rings is 2. The molecular weight excluding hydrogens is 371 g/mol. The summed E-state index contributed by atoms with van der Waals surface area (Å²) in [7, 11) is 0. The lowest BCUT2D eigenvalue weighted by molar-refractivity contribution is 0.340. The van der Waals surface area contributed by atoms with Crippen molar-refractivity contribution in [2.75, 3.05) is 25.0 Å². The number of likely N-dealkylation sites (tertiary alicyclic amines) is 1. The van der Waals surface area contributed by atoms with Crippen molar-refractivity contribution in [2.24, 2.45) is 0 Å². The second-order valence-corrected chi connectivity index (χ2v) is 6.81. The summed E-state index contributed by atoms with van der Waals surface area (Å²) in [5.41, 5.74) is 2.71. The summed E-state index contributed by atoms with van der Waals surface area (Å²) < 4.78 is 1.30. The van der Waals surface area contributed by atoms with Crippen LogP contribution in [0.3, 0.4) is 0 Å². The summed E-state index contributed by atoms with van der Waals surface area (Å²) in [6.07, 6.45) is 2.39. The van der Waals surface area contributed by atoms with E-state index in [4.69, 9.17) is 0 Å². The smallest absolute Gasteiger partial charge is 0.0478 e. The zero-order valence-electron chi connectivity index (χ0n) is 12.1. The molecule has 1 aliphatic rings. The van der Waals surface area contributed by atoms with Gasteiger partial charge in [0.25, 0.3) is 0 Å². The number of hydrogen-bond acceptors (Lipinski definition) is 2. The Morgan fingerprint density at radius 2 is 1.81 bits per heavy atom. The van der Waals surface area contributed by atoms with Crippen molar-refractivity contribution < 1.29 is 0 Å². The van der Waals surface area contributed by atoms with Gasteiger partial charge in [0, 0.05) is 34.9 Å². The van der Waals surface area contributed by atoms with Crippen LogP contribution < -0.4 is 5.32 Å². The number of anilines is 1. The predicted molar refractivity (Wildman–Crippen MR) is 97.8 cm³/mol. The third kappa shape index (κ3) is 4.20. The molecule has 0 amide bonds. The molecule has 21 heavy (non-hydrogen) atoms. The van der Waals surface area contributed by atoms with Gasteiger partial charge < -0.3 is 10.2 Å². The van der Waals surface area contributed by atoms with Crippen LogP contribution >= 0.6 is 22.6 Å². The first kappa shape index (κ1) is 14.9. The molecule has 2 aromatic rings. The SMILES string of the molecule is Ic1ccccc1NC1CCN(CCc2ccccc2)C1. The monoisotopic (exact) mass is 392 g/mol. The maximum absolute atomic E-state index is 3.69. The molecule has 0 bridgehead atoms. The number of para-hydroxylation sites is 1. The van der Waals surface area contributed by atoms with Gasteiger partial charge >= 0.3 is 0 Å². The minimum Gasteiger partial charge on any atom is -0.380 e. The van der Waals surface area contributed by atoms with Crippen LogP contribution in [0.15, 0.2) is 54.6 Å². The zero-order valence-corrected chi connectivity index (χ0v) is 14.3. The number of nitrogens with one attached hydrogen (secondary N) is 1. The van der Waals surface area contributed by atoms with Crippen molar-refractivity contribution >= 4 is 28.3 Å². The van der Waals surface area contributed by atoms with Crippen LogP contribution in [0.1, 0.15) is 12.0 Å². The van der Waals surface area contributed by atoms with Crippen molar-refractivity contribution in [1.82, 2.24) is 4.90 Å². The maximum Gasteiger partial charge on any atom is 0.0478 e. The molecule has 3 rings (SSSR count). The Morgan fingerprint density at radius 3 is 2.62 bits per heavy atom. The molecule has 0 aromatic heterocycles. The molecule has 1 unspecified atom stereocenters. The highest BCUT2D eigenvalue weighted by Crippen LogP contribution is 2.21. The first-order chi connectivity index (χ1) is 10.3. The molecule has 1 aliphatic heterocycles. The normalized spacial score (nSPS) is 18.8. The average molecular weight is 392 g/mol. The van der Waals surface area contributed by atoms with Gasteiger partial charge in [0.15, 0.2) is 0 Å². The van der Waals surface area contributed by atoms with Crippen LogP contribution in [0.25, 0.3) is 0 Å². The Bertz CT molecular complexity index is 570. The van der Waals surface area contributed by atoms with E-state index in [0.717, 1.165) is 19.5 Å². The Kier molecular flexibility index (Phi) is 5.14. The summed E-state index contributed by atoms with van der Waals surface area (Å²) in [5.74, 6) is 0. The molecule has 0 radical (unpaired) electrons. The third-order valence-electron chi connectivity index (χ3n) is 4.07. The molecular formula is C18H21IN2.